The molecule has 1 unspecified atom stereocenters. The normalized spacial score (nSPS) is 18.7. The van der Waals surface area contributed by atoms with Crippen LogP contribution in [0.15, 0.2) is 4.99 Å². The van der Waals surface area contributed by atoms with E-state index >= 15 is 0 Å². The van der Waals surface area contributed by atoms with Crippen LogP contribution in [0.2, 0.25) is 0 Å². The van der Waals surface area contributed by atoms with Crippen molar-refractivity contribution in [2.45, 2.75) is 44.5 Å². The summed E-state index contributed by atoms with van der Waals surface area (Å²) in [5.74, 6) is -0.138. The van der Waals surface area contributed by atoms with Gasteiger partial charge in [0.2, 0.25) is 0 Å². The molecule has 1 aliphatic carbocycles. The summed E-state index contributed by atoms with van der Waals surface area (Å²) in [5, 5.41) is 8.99. The van der Waals surface area contributed by atoms with Crippen LogP contribution in [0.1, 0.15) is 39.0 Å². The predicted octanol–water partition coefficient (Wildman–Crippen LogP) is 1.16. The van der Waals surface area contributed by atoms with E-state index in [0.717, 1.165) is 12.8 Å². The molecule has 0 radical (unpaired) electrons. The number of rotatable bonds is 7. The molecule has 1 aliphatic rings. The molecule has 0 heterocycles. The van der Waals surface area contributed by atoms with E-state index in [0.29, 0.717) is 13.2 Å². The number of aliphatic hydroxyl groups is 1. The van der Waals surface area contributed by atoms with Gasteiger partial charge in [0.25, 0.3) is 0 Å². The van der Waals surface area contributed by atoms with Crippen molar-refractivity contribution >= 4 is 15.5 Å². The van der Waals surface area contributed by atoms with E-state index < -0.39 is 15.3 Å². The predicted molar refractivity (Wildman–Crippen MR) is 71.7 cm³/mol. The Bertz CT molecular complexity index is 354. The van der Waals surface area contributed by atoms with E-state index in [9.17, 15) is 8.42 Å². The number of hydrogen-bond acceptors (Lipinski definition) is 5. The molecule has 0 aromatic rings. The van der Waals surface area contributed by atoms with Crippen LogP contribution in [0.4, 0.5) is 0 Å². The van der Waals surface area contributed by atoms with Gasteiger partial charge in [0.15, 0.2) is 15.3 Å². The summed E-state index contributed by atoms with van der Waals surface area (Å²) in [6.07, 6.45) is 5.94. The maximum absolute atomic E-state index is 11.3. The van der Waals surface area contributed by atoms with Gasteiger partial charge in [0.05, 0.1) is 25.5 Å². The van der Waals surface area contributed by atoms with Gasteiger partial charge in [-0.3, -0.25) is 4.99 Å². The Morgan fingerprint density at radius 1 is 1.28 bits per heavy atom. The molecule has 0 aromatic heterocycles. The van der Waals surface area contributed by atoms with Gasteiger partial charge < -0.3 is 9.84 Å². The molecule has 5 nitrogen and oxygen atoms in total. The van der Waals surface area contributed by atoms with Gasteiger partial charge in [0, 0.05) is 5.71 Å². The Balaban J connectivity index is 2.08. The lowest BCUT2D eigenvalue weighted by atomic mass is 9.99. The van der Waals surface area contributed by atoms with Crippen molar-refractivity contribution in [3.8, 4) is 0 Å². The molecule has 6 heteroatoms. The van der Waals surface area contributed by atoms with Crippen LogP contribution in [0.3, 0.4) is 0 Å². The van der Waals surface area contributed by atoms with Crippen LogP contribution >= 0.6 is 0 Å². The highest BCUT2D eigenvalue weighted by molar-refractivity contribution is 7.91. The van der Waals surface area contributed by atoms with E-state index in [1.54, 1.807) is 0 Å². The van der Waals surface area contributed by atoms with E-state index in [1.165, 1.54) is 31.9 Å². The first-order chi connectivity index (χ1) is 8.52. The molecule has 1 atom stereocenters. The maximum atomic E-state index is 11.3. The molecule has 1 saturated carbocycles. The lowest BCUT2D eigenvalue weighted by Crippen LogP contribution is -2.23. The summed E-state index contributed by atoms with van der Waals surface area (Å²) in [4.78, 5) is 4.45. The first-order valence-corrected chi connectivity index (χ1v) is 8.23. The van der Waals surface area contributed by atoms with Gasteiger partial charge in [-0.1, -0.05) is 6.42 Å². The largest absolute Gasteiger partial charge is 0.378 e. The van der Waals surface area contributed by atoms with Crippen molar-refractivity contribution < 1.29 is 18.3 Å². The molecular weight excluding hydrogens is 254 g/mol. The quantitative estimate of drug-likeness (QED) is 0.709. The Hall–Kier alpha value is -0.460. The molecular formula is C12H23NO4S. The Labute approximate surface area is 109 Å². The van der Waals surface area contributed by atoms with Crippen molar-refractivity contribution in [3.63, 3.8) is 0 Å². The summed E-state index contributed by atoms with van der Waals surface area (Å²) < 4.78 is 27.7. The summed E-state index contributed by atoms with van der Waals surface area (Å²) >= 11 is 0. The van der Waals surface area contributed by atoms with Crippen molar-refractivity contribution in [1.29, 1.82) is 0 Å². The molecule has 0 aliphatic heterocycles. The molecule has 0 bridgehead atoms. The number of aliphatic imine (C=N–C) groups is 1. The summed E-state index contributed by atoms with van der Waals surface area (Å²) in [7, 11) is -3.41. The second-order valence-electron chi connectivity index (χ2n) is 4.59. The lowest BCUT2D eigenvalue weighted by molar-refractivity contribution is 0.156. The van der Waals surface area contributed by atoms with Gasteiger partial charge in [-0.25, -0.2) is 8.42 Å². The third kappa shape index (κ3) is 5.93. The molecule has 106 valence electrons. The Morgan fingerprint density at radius 2 is 1.94 bits per heavy atom. The van der Waals surface area contributed by atoms with Gasteiger partial charge in [-0.15, -0.1) is 0 Å². The first kappa shape index (κ1) is 15.6. The highest BCUT2D eigenvalue weighted by Crippen LogP contribution is 2.14. The maximum Gasteiger partial charge on any atom is 0.178 e. The van der Waals surface area contributed by atoms with Crippen molar-refractivity contribution in [1.82, 2.24) is 0 Å². The molecule has 0 amide bonds. The zero-order valence-corrected chi connectivity index (χ0v) is 11.8. The molecule has 1 rings (SSSR count). The smallest absolute Gasteiger partial charge is 0.178 e. The second kappa shape index (κ2) is 7.86. The second-order valence-corrected chi connectivity index (χ2v) is 7.00. The van der Waals surface area contributed by atoms with Gasteiger partial charge in [-0.05, 0) is 32.6 Å². The van der Waals surface area contributed by atoms with Crippen LogP contribution < -0.4 is 0 Å². The van der Waals surface area contributed by atoms with Gasteiger partial charge in [-0.2, -0.15) is 0 Å². The third-order valence-corrected chi connectivity index (χ3v) is 4.81. The Kier molecular flexibility index (Phi) is 6.81. The minimum atomic E-state index is -3.41. The van der Waals surface area contributed by atoms with Gasteiger partial charge in [0.1, 0.15) is 0 Å². The molecule has 0 spiro atoms. The highest BCUT2D eigenvalue weighted by atomic mass is 32.2. The molecule has 0 saturated heterocycles. The molecule has 0 aromatic carbocycles. The number of hydrogen-bond donors (Lipinski definition) is 1. The molecule has 18 heavy (non-hydrogen) atoms. The standard InChI is InChI=1S/C12H23NO4S/c1-11(14)18(15,16)10-9-17-8-7-13-12-5-3-2-4-6-12/h11,14H,2-10H2,1H3. The molecule has 1 fully saturated rings. The van der Waals surface area contributed by atoms with E-state index in [4.69, 9.17) is 9.84 Å². The SMILES string of the molecule is CC(O)S(=O)(=O)CCOCCN=C1CCCCC1. The van der Waals surface area contributed by atoms with Crippen LogP contribution in [0.5, 0.6) is 0 Å². The number of nitrogens with zero attached hydrogens (tertiary/aromatic N) is 1. The summed E-state index contributed by atoms with van der Waals surface area (Å²) in [6, 6.07) is 0. The fourth-order valence-corrected chi connectivity index (χ4v) is 2.53. The van der Waals surface area contributed by atoms with E-state index in [-0.39, 0.29) is 12.4 Å². The summed E-state index contributed by atoms with van der Waals surface area (Å²) in [6.45, 7) is 2.42. The zero-order chi connectivity index (χ0) is 13.4. The van der Waals surface area contributed by atoms with E-state index in [2.05, 4.69) is 4.99 Å². The van der Waals surface area contributed by atoms with Crippen LogP contribution in [-0.2, 0) is 14.6 Å². The summed E-state index contributed by atoms with van der Waals surface area (Å²) in [5.41, 5.74) is -0.0509. The van der Waals surface area contributed by atoms with Crippen molar-refractivity contribution in [2.24, 2.45) is 4.99 Å². The first-order valence-electron chi connectivity index (χ1n) is 6.52. The van der Waals surface area contributed by atoms with Crippen LogP contribution in [-0.4, -0.2) is 50.2 Å². The van der Waals surface area contributed by atoms with Crippen LogP contribution in [0, 0.1) is 0 Å². The van der Waals surface area contributed by atoms with E-state index in [1.807, 2.05) is 0 Å². The molecule has 1 N–H and O–H groups in total. The number of ether oxygens (including phenoxy) is 1. The minimum Gasteiger partial charge on any atom is -0.378 e. The monoisotopic (exact) mass is 277 g/mol. The minimum absolute atomic E-state index is 0.123. The Morgan fingerprint density at radius 3 is 2.56 bits per heavy atom. The zero-order valence-electron chi connectivity index (χ0n) is 11.0. The average Bonchev–Trinajstić information content (AvgIpc) is 2.34. The fourth-order valence-electron chi connectivity index (χ4n) is 1.83. The number of aliphatic hydroxyl groups excluding tert-OH is 1. The van der Waals surface area contributed by atoms with Gasteiger partial charge >= 0.3 is 0 Å². The fraction of sp³-hybridized carbons (Fsp3) is 0.917. The van der Waals surface area contributed by atoms with Crippen molar-refractivity contribution in [2.75, 3.05) is 25.5 Å². The van der Waals surface area contributed by atoms with Crippen molar-refractivity contribution in [3.05, 3.63) is 0 Å². The number of sulfone groups is 1. The third-order valence-electron chi connectivity index (χ3n) is 3.03. The average molecular weight is 277 g/mol. The lowest BCUT2D eigenvalue weighted by Gasteiger charge is -2.12. The highest BCUT2D eigenvalue weighted by Gasteiger charge is 2.16. The topological polar surface area (TPSA) is 76.0 Å². The van der Waals surface area contributed by atoms with Crippen LogP contribution in [0.25, 0.3) is 0 Å².